The molecule has 0 radical (unpaired) electrons. The van der Waals surface area contributed by atoms with Crippen LogP contribution in [0.1, 0.15) is 23.2 Å². The molecule has 0 aliphatic heterocycles. The van der Waals surface area contributed by atoms with Crippen molar-refractivity contribution in [1.29, 1.82) is 0 Å². The highest BCUT2D eigenvalue weighted by atomic mass is 79.9. The van der Waals surface area contributed by atoms with Gasteiger partial charge in [0.25, 0.3) is 0 Å². The fourth-order valence-corrected chi connectivity index (χ4v) is 2.48. The molecule has 0 aromatic heterocycles. The largest absolute Gasteiger partial charge is 0.488 e. The number of hydrogen-bond donors (Lipinski definition) is 1. The lowest BCUT2D eigenvalue weighted by Crippen LogP contribution is -2.16. The Balaban J connectivity index is 2.09. The van der Waals surface area contributed by atoms with E-state index in [4.69, 9.17) is 9.84 Å². The van der Waals surface area contributed by atoms with E-state index >= 15 is 0 Å². The molecule has 0 spiro atoms. The summed E-state index contributed by atoms with van der Waals surface area (Å²) in [5.74, 6) is -0.237. The minimum absolute atomic E-state index is 0.0351. The number of hydrogen-bond acceptors (Lipinski definition) is 3. The molecular weight excluding hydrogens is 303 g/mol. The van der Waals surface area contributed by atoms with Crippen LogP contribution < -0.4 is 4.74 Å². The van der Waals surface area contributed by atoms with Gasteiger partial charge in [-0.3, -0.25) is 4.79 Å². The average molecular weight is 317 g/mol. The van der Waals surface area contributed by atoms with E-state index in [0.29, 0.717) is 11.5 Å². The van der Waals surface area contributed by atoms with Crippen molar-refractivity contribution in [3.8, 4) is 5.75 Å². The molecule has 2 rings (SSSR count). The summed E-state index contributed by atoms with van der Waals surface area (Å²) in [4.78, 5) is 11.8. The van der Waals surface area contributed by atoms with Crippen LogP contribution in [0.25, 0.3) is 0 Å². The third-order valence-corrected chi connectivity index (χ3v) is 4.02. The summed E-state index contributed by atoms with van der Waals surface area (Å²) in [7, 11) is 0. The van der Waals surface area contributed by atoms with E-state index in [1.807, 2.05) is 0 Å². The monoisotopic (exact) mass is 316 g/mol. The van der Waals surface area contributed by atoms with Gasteiger partial charge in [-0.25, -0.2) is 4.39 Å². The van der Waals surface area contributed by atoms with Crippen molar-refractivity contribution in [2.45, 2.75) is 17.7 Å². The molecule has 18 heavy (non-hydrogen) atoms. The molecule has 1 aromatic carbocycles. The van der Waals surface area contributed by atoms with Crippen LogP contribution >= 0.6 is 15.9 Å². The van der Waals surface area contributed by atoms with E-state index in [1.165, 1.54) is 12.1 Å². The van der Waals surface area contributed by atoms with Crippen molar-refractivity contribution in [2.75, 3.05) is 13.2 Å². The number of benzene rings is 1. The normalized spacial score (nSPS) is 16.4. The van der Waals surface area contributed by atoms with Gasteiger partial charge in [0.05, 0.1) is 11.4 Å². The van der Waals surface area contributed by atoms with Gasteiger partial charge in [0.15, 0.2) is 17.3 Å². The Morgan fingerprint density at radius 2 is 2.28 bits per heavy atom. The van der Waals surface area contributed by atoms with Gasteiger partial charge in [0.2, 0.25) is 0 Å². The minimum Gasteiger partial charge on any atom is -0.488 e. The molecule has 1 aromatic rings. The van der Waals surface area contributed by atoms with Crippen LogP contribution in [0.4, 0.5) is 4.39 Å². The Kier molecular flexibility index (Phi) is 4.35. The maximum Gasteiger partial charge on any atom is 0.176 e. The second-order valence-corrected chi connectivity index (χ2v) is 5.31. The number of aliphatic hydroxyl groups is 1. The zero-order chi connectivity index (χ0) is 13.1. The molecule has 1 fully saturated rings. The van der Waals surface area contributed by atoms with Crippen molar-refractivity contribution in [3.05, 3.63) is 29.6 Å². The molecule has 0 amide bonds. The Morgan fingerprint density at radius 1 is 1.56 bits per heavy atom. The van der Waals surface area contributed by atoms with Crippen LogP contribution in [0.5, 0.6) is 5.75 Å². The lowest BCUT2D eigenvalue weighted by molar-refractivity contribution is 0.0984. The Morgan fingerprint density at radius 3 is 2.83 bits per heavy atom. The van der Waals surface area contributed by atoms with Gasteiger partial charge in [-0.15, -0.1) is 0 Å². The first kappa shape index (κ1) is 13.5. The smallest absolute Gasteiger partial charge is 0.176 e. The van der Waals surface area contributed by atoms with Gasteiger partial charge in [-0.1, -0.05) is 15.9 Å². The second-order valence-electron chi connectivity index (χ2n) is 4.32. The van der Waals surface area contributed by atoms with Gasteiger partial charge in [-0.05, 0) is 37.0 Å². The van der Waals surface area contributed by atoms with E-state index < -0.39 is 5.82 Å². The van der Waals surface area contributed by atoms with E-state index in [-0.39, 0.29) is 29.6 Å². The number of rotatable bonds is 6. The van der Waals surface area contributed by atoms with Crippen LogP contribution in [0, 0.1) is 11.7 Å². The van der Waals surface area contributed by atoms with E-state index in [2.05, 4.69) is 15.9 Å². The maximum atomic E-state index is 13.6. The van der Waals surface area contributed by atoms with Crippen LogP contribution in [-0.4, -0.2) is 28.9 Å². The topological polar surface area (TPSA) is 46.5 Å². The highest BCUT2D eigenvalue weighted by Gasteiger charge is 2.34. The molecule has 0 saturated heterocycles. The molecule has 0 bridgehead atoms. The van der Waals surface area contributed by atoms with Gasteiger partial charge in [0, 0.05) is 5.56 Å². The molecular formula is C13H14BrFO3. The molecule has 1 aliphatic rings. The Hall–Kier alpha value is -0.940. The molecule has 1 atom stereocenters. The quantitative estimate of drug-likeness (QED) is 0.648. The predicted octanol–water partition coefficient (Wildman–Crippen LogP) is 2.55. The molecule has 1 unspecified atom stereocenters. The fourth-order valence-electron chi connectivity index (χ4n) is 1.69. The number of carbonyl (C=O) groups excluding carboxylic acids is 1. The lowest BCUT2D eigenvalue weighted by Gasteiger charge is -2.09. The summed E-state index contributed by atoms with van der Waals surface area (Å²) in [6.07, 6.45) is 2.09. The SMILES string of the molecule is O=C(c1ccc(OCCO)c(F)c1)C(Br)C1CC1. The zero-order valence-corrected chi connectivity index (χ0v) is 11.3. The van der Waals surface area contributed by atoms with Gasteiger partial charge in [-0.2, -0.15) is 0 Å². The van der Waals surface area contributed by atoms with Crippen molar-refractivity contribution in [3.63, 3.8) is 0 Å². The highest BCUT2D eigenvalue weighted by molar-refractivity contribution is 9.10. The van der Waals surface area contributed by atoms with Gasteiger partial charge in [0.1, 0.15) is 6.61 Å². The molecule has 3 nitrogen and oxygen atoms in total. The van der Waals surface area contributed by atoms with Crippen LogP contribution in [-0.2, 0) is 0 Å². The summed E-state index contributed by atoms with van der Waals surface area (Å²) < 4.78 is 18.6. The van der Waals surface area contributed by atoms with Crippen molar-refractivity contribution in [1.82, 2.24) is 0 Å². The van der Waals surface area contributed by atoms with Crippen molar-refractivity contribution < 1.29 is 19.0 Å². The van der Waals surface area contributed by atoms with Crippen molar-refractivity contribution in [2.24, 2.45) is 5.92 Å². The van der Waals surface area contributed by atoms with E-state index in [1.54, 1.807) is 6.07 Å². The summed E-state index contributed by atoms with van der Waals surface area (Å²) in [6, 6.07) is 4.16. The number of ether oxygens (including phenoxy) is 1. The number of Topliss-reactive ketones (excluding diaryl/α,β-unsaturated/α-hetero) is 1. The number of alkyl halides is 1. The second kappa shape index (κ2) is 5.80. The Bertz CT molecular complexity index is 446. The number of aliphatic hydroxyl groups excluding tert-OH is 1. The Labute approximate surface area is 113 Å². The molecule has 1 N–H and O–H groups in total. The first-order chi connectivity index (χ1) is 8.63. The predicted molar refractivity (Wildman–Crippen MR) is 68.8 cm³/mol. The van der Waals surface area contributed by atoms with E-state index in [0.717, 1.165) is 12.8 Å². The summed E-state index contributed by atoms with van der Waals surface area (Å²) in [5, 5.41) is 8.59. The van der Waals surface area contributed by atoms with Crippen LogP contribution in [0.3, 0.4) is 0 Å². The van der Waals surface area contributed by atoms with E-state index in [9.17, 15) is 9.18 Å². The average Bonchev–Trinajstić information content (AvgIpc) is 3.19. The lowest BCUT2D eigenvalue weighted by atomic mass is 10.1. The molecule has 1 aliphatic carbocycles. The standard InChI is InChI=1S/C13H14BrFO3/c14-12(8-1-2-8)13(17)9-3-4-11(10(15)7-9)18-6-5-16/h3-4,7-8,12,16H,1-2,5-6H2. The third-order valence-electron chi connectivity index (χ3n) is 2.85. The maximum absolute atomic E-state index is 13.6. The number of halogens is 2. The minimum atomic E-state index is -0.579. The first-order valence-electron chi connectivity index (χ1n) is 5.85. The van der Waals surface area contributed by atoms with Gasteiger partial charge < -0.3 is 9.84 Å². The number of ketones is 1. The fraction of sp³-hybridized carbons (Fsp3) is 0.462. The number of carbonyl (C=O) groups is 1. The molecule has 0 heterocycles. The molecule has 98 valence electrons. The summed E-state index contributed by atoms with van der Waals surface area (Å²) in [5.41, 5.74) is 0.345. The molecule has 5 heteroatoms. The molecule has 1 saturated carbocycles. The first-order valence-corrected chi connectivity index (χ1v) is 6.76. The van der Waals surface area contributed by atoms with Crippen LogP contribution in [0.2, 0.25) is 0 Å². The van der Waals surface area contributed by atoms with Gasteiger partial charge >= 0.3 is 0 Å². The highest BCUT2D eigenvalue weighted by Crippen LogP contribution is 2.38. The summed E-state index contributed by atoms with van der Waals surface area (Å²) >= 11 is 3.36. The van der Waals surface area contributed by atoms with Crippen molar-refractivity contribution >= 4 is 21.7 Å². The van der Waals surface area contributed by atoms with Crippen LogP contribution in [0.15, 0.2) is 18.2 Å². The summed E-state index contributed by atoms with van der Waals surface area (Å²) in [6.45, 7) is -0.140. The third kappa shape index (κ3) is 3.09. The zero-order valence-electron chi connectivity index (χ0n) is 9.73.